The SMILES string of the molecule is CSc1ccccc1Sc1cnc(N2CCC3(CC2)CO[C@@H](C)[C@H]3NC(=O)OC(C)(C)C)n2ccnc12. The van der Waals surface area contributed by atoms with Gasteiger partial charge in [0.05, 0.1) is 23.6 Å². The third-order valence-corrected chi connectivity index (χ3v) is 9.15. The Morgan fingerprint density at radius 1 is 1.16 bits per heavy atom. The van der Waals surface area contributed by atoms with Crippen molar-refractivity contribution < 1.29 is 14.3 Å². The minimum absolute atomic E-state index is 0.0574. The number of nitrogens with zero attached hydrogens (tertiary/aromatic N) is 4. The van der Waals surface area contributed by atoms with Crippen molar-refractivity contribution in [3.8, 4) is 0 Å². The quantitative estimate of drug-likeness (QED) is 0.424. The molecule has 3 aromatic rings. The number of carbonyl (C=O) groups is 1. The monoisotopic (exact) mass is 541 g/mol. The minimum Gasteiger partial charge on any atom is -0.444 e. The number of ether oxygens (including phenoxy) is 2. The van der Waals surface area contributed by atoms with E-state index in [9.17, 15) is 4.79 Å². The van der Waals surface area contributed by atoms with E-state index in [2.05, 4.69) is 50.1 Å². The summed E-state index contributed by atoms with van der Waals surface area (Å²) in [6.07, 6.45) is 9.22. The summed E-state index contributed by atoms with van der Waals surface area (Å²) in [4.78, 5) is 27.9. The summed E-state index contributed by atoms with van der Waals surface area (Å²) < 4.78 is 13.7. The molecule has 2 saturated heterocycles. The van der Waals surface area contributed by atoms with Crippen molar-refractivity contribution in [2.24, 2.45) is 5.41 Å². The van der Waals surface area contributed by atoms with Crippen LogP contribution in [0.15, 0.2) is 57.5 Å². The number of aromatic nitrogens is 3. The maximum Gasteiger partial charge on any atom is 0.407 e. The van der Waals surface area contributed by atoms with E-state index in [1.807, 2.05) is 46.3 Å². The van der Waals surface area contributed by atoms with Crippen LogP contribution in [0.3, 0.4) is 0 Å². The van der Waals surface area contributed by atoms with Crippen molar-refractivity contribution in [3.05, 3.63) is 42.9 Å². The molecule has 10 heteroatoms. The normalized spacial score (nSPS) is 21.5. The average Bonchev–Trinajstić information content (AvgIpc) is 3.46. The first-order valence-electron chi connectivity index (χ1n) is 12.7. The van der Waals surface area contributed by atoms with E-state index in [4.69, 9.17) is 14.5 Å². The molecule has 1 spiro atoms. The van der Waals surface area contributed by atoms with Crippen LogP contribution in [0.25, 0.3) is 5.65 Å². The first kappa shape index (κ1) is 26.2. The number of piperidine rings is 1. The molecule has 37 heavy (non-hydrogen) atoms. The van der Waals surface area contributed by atoms with Crippen LogP contribution in [0.5, 0.6) is 0 Å². The fraction of sp³-hybridized carbons (Fsp3) is 0.519. The number of amides is 1. The van der Waals surface area contributed by atoms with Crippen LogP contribution in [-0.4, -0.2) is 64.2 Å². The molecule has 5 rings (SSSR count). The molecule has 1 N–H and O–H groups in total. The van der Waals surface area contributed by atoms with E-state index >= 15 is 0 Å². The van der Waals surface area contributed by atoms with Crippen LogP contribution in [-0.2, 0) is 9.47 Å². The van der Waals surface area contributed by atoms with Gasteiger partial charge in [0.1, 0.15) is 5.60 Å². The third-order valence-electron chi connectivity index (χ3n) is 7.14. The van der Waals surface area contributed by atoms with Crippen molar-refractivity contribution in [1.82, 2.24) is 19.7 Å². The molecular formula is C27H35N5O3S2. The van der Waals surface area contributed by atoms with Gasteiger partial charge in [-0.25, -0.2) is 14.8 Å². The lowest BCUT2D eigenvalue weighted by Gasteiger charge is -2.43. The van der Waals surface area contributed by atoms with Gasteiger partial charge in [-0.3, -0.25) is 4.40 Å². The molecule has 8 nitrogen and oxygen atoms in total. The van der Waals surface area contributed by atoms with Crippen molar-refractivity contribution in [2.75, 3.05) is 30.9 Å². The van der Waals surface area contributed by atoms with Gasteiger partial charge in [0, 0.05) is 46.9 Å². The van der Waals surface area contributed by atoms with Gasteiger partial charge in [0.25, 0.3) is 0 Å². The van der Waals surface area contributed by atoms with E-state index in [1.165, 1.54) is 9.79 Å². The number of hydrogen-bond acceptors (Lipinski definition) is 8. The number of alkyl carbamates (subject to hydrolysis) is 1. The zero-order valence-electron chi connectivity index (χ0n) is 22.1. The van der Waals surface area contributed by atoms with Gasteiger partial charge in [0.15, 0.2) is 5.65 Å². The number of imidazole rings is 1. The van der Waals surface area contributed by atoms with Crippen LogP contribution in [0.2, 0.25) is 0 Å². The standard InChI is InChI=1S/C27H35N5O3S2/c1-18-22(30-25(33)35-26(2,3)4)27(17-34-18)10-13-31(14-11-27)24-29-16-21(23-28-12-15-32(23)24)37-20-9-7-6-8-19(20)36-5/h6-9,12,15-16,18,22H,10-11,13-14,17H2,1-5H3,(H,30,33)/t18-,22+/m0/s1. The number of rotatable bonds is 5. The maximum atomic E-state index is 12.6. The van der Waals surface area contributed by atoms with E-state index in [-0.39, 0.29) is 23.7 Å². The van der Waals surface area contributed by atoms with E-state index in [0.717, 1.165) is 42.4 Å². The zero-order chi connectivity index (χ0) is 26.2. The molecule has 198 valence electrons. The lowest BCUT2D eigenvalue weighted by Crippen LogP contribution is -2.55. The van der Waals surface area contributed by atoms with Gasteiger partial charge in [0.2, 0.25) is 5.95 Å². The Balaban J connectivity index is 1.32. The molecule has 2 aliphatic rings. The van der Waals surface area contributed by atoms with Gasteiger partial charge in [-0.15, -0.1) is 11.8 Å². The summed E-state index contributed by atoms with van der Waals surface area (Å²) >= 11 is 3.44. The second kappa shape index (κ2) is 10.4. The summed E-state index contributed by atoms with van der Waals surface area (Å²) in [5.74, 6) is 0.897. The number of fused-ring (bicyclic) bond motifs is 1. The Hall–Kier alpha value is -2.43. The van der Waals surface area contributed by atoms with Crippen molar-refractivity contribution in [3.63, 3.8) is 0 Å². The molecule has 2 fully saturated rings. The first-order valence-corrected chi connectivity index (χ1v) is 14.7. The number of thioether (sulfide) groups is 1. The highest BCUT2D eigenvalue weighted by atomic mass is 32.2. The van der Waals surface area contributed by atoms with E-state index < -0.39 is 5.60 Å². The Morgan fingerprint density at radius 3 is 2.59 bits per heavy atom. The molecule has 0 unspecified atom stereocenters. The predicted molar refractivity (Wildman–Crippen MR) is 148 cm³/mol. The molecular weight excluding hydrogens is 506 g/mol. The number of carbonyl (C=O) groups excluding carboxylic acids is 1. The van der Waals surface area contributed by atoms with Gasteiger partial charge in [-0.1, -0.05) is 23.9 Å². The molecule has 0 bridgehead atoms. The smallest absolute Gasteiger partial charge is 0.407 e. The van der Waals surface area contributed by atoms with E-state index in [1.54, 1.807) is 23.5 Å². The van der Waals surface area contributed by atoms with Crippen LogP contribution < -0.4 is 10.2 Å². The molecule has 2 aromatic heterocycles. The number of benzene rings is 1. The fourth-order valence-electron chi connectivity index (χ4n) is 5.30. The van der Waals surface area contributed by atoms with Gasteiger partial charge < -0.3 is 19.7 Å². The largest absolute Gasteiger partial charge is 0.444 e. The third kappa shape index (κ3) is 5.42. The van der Waals surface area contributed by atoms with Crippen molar-refractivity contribution >= 4 is 41.2 Å². The Morgan fingerprint density at radius 2 is 1.89 bits per heavy atom. The molecule has 1 aromatic carbocycles. The van der Waals surface area contributed by atoms with Gasteiger partial charge in [-0.05, 0) is 58.9 Å². The topological polar surface area (TPSA) is 81.0 Å². The van der Waals surface area contributed by atoms with Crippen LogP contribution in [0.4, 0.5) is 10.7 Å². The summed E-state index contributed by atoms with van der Waals surface area (Å²) in [6.45, 7) is 9.96. The minimum atomic E-state index is -0.535. The second-order valence-corrected chi connectivity index (χ2v) is 12.7. The molecule has 2 aliphatic heterocycles. The van der Waals surface area contributed by atoms with Crippen molar-refractivity contribution in [1.29, 1.82) is 0 Å². The van der Waals surface area contributed by atoms with Crippen molar-refractivity contribution in [2.45, 2.75) is 73.0 Å². The first-order chi connectivity index (χ1) is 17.7. The summed E-state index contributed by atoms with van der Waals surface area (Å²) in [5, 5.41) is 3.13. The predicted octanol–water partition coefficient (Wildman–Crippen LogP) is 5.50. The molecule has 2 atom stereocenters. The van der Waals surface area contributed by atoms with Gasteiger partial charge >= 0.3 is 6.09 Å². The Kier molecular flexibility index (Phi) is 7.35. The fourth-order valence-corrected chi connectivity index (χ4v) is 7.06. The highest BCUT2D eigenvalue weighted by Gasteiger charge is 2.50. The Bertz CT molecular complexity index is 1270. The van der Waals surface area contributed by atoms with Crippen LogP contribution in [0, 0.1) is 5.41 Å². The molecule has 1 amide bonds. The zero-order valence-corrected chi connectivity index (χ0v) is 23.7. The summed E-state index contributed by atoms with van der Waals surface area (Å²) in [7, 11) is 0. The van der Waals surface area contributed by atoms with Crippen LogP contribution >= 0.6 is 23.5 Å². The second-order valence-electron chi connectivity index (χ2n) is 10.8. The molecule has 0 aliphatic carbocycles. The lowest BCUT2D eigenvalue weighted by atomic mass is 9.73. The molecule has 0 saturated carbocycles. The Labute approximate surface area is 226 Å². The highest BCUT2D eigenvalue weighted by molar-refractivity contribution is 8.02. The molecule has 0 radical (unpaired) electrons. The number of nitrogens with one attached hydrogen (secondary N) is 1. The lowest BCUT2D eigenvalue weighted by molar-refractivity contribution is 0.0434. The van der Waals surface area contributed by atoms with Crippen LogP contribution in [0.1, 0.15) is 40.5 Å². The number of hydrogen-bond donors (Lipinski definition) is 1. The highest BCUT2D eigenvalue weighted by Crippen LogP contribution is 2.43. The maximum absolute atomic E-state index is 12.6. The van der Waals surface area contributed by atoms with Gasteiger partial charge in [-0.2, -0.15) is 0 Å². The number of anilines is 1. The summed E-state index contributed by atoms with van der Waals surface area (Å²) in [5.41, 5.74) is 0.263. The van der Waals surface area contributed by atoms with E-state index in [0.29, 0.717) is 6.61 Å². The average molecular weight is 542 g/mol. The molecule has 4 heterocycles. The summed E-state index contributed by atoms with van der Waals surface area (Å²) in [6, 6.07) is 8.32.